The Bertz CT molecular complexity index is 808. The number of aliphatic imine (C=N–C) groups is 2. The Labute approximate surface area is 180 Å². The molecule has 0 bridgehead atoms. The van der Waals surface area contributed by atoms with Gasteiger partial charge in [-0.2, -0.15) is 0 Å². The van der Waals surface area contributed by atoms with Gasteiger partial charge in [-0.1, -0.05) is 37.0 Å². The molecule has 1 amide bonds. The standard InChI is InChI=1S/C20H25Cl2N3O4/c1-11(2)17-19(28-4)23-16(18(24-17)27-3)8-15-10-29-20(26)25(15)9-12-5-13(21)7-14(22)6-12/h5-7,11,15-17H,8-10H2,1-4H3/t15?,16?,17-/m1/s1. The molecule has 0 N–H and O–H groups in total. The van der Waals surface area contributed by atoms with Crippen LogP contribution in [0.5, 0.6) is 0 Å². The number of benzene rings is 1. The highest BCUT2D eigenvalue weighted by atomic mass is 35.5. The van der Waals surface area contributed by atoms with Crippen LogP contribution in [0.1, 0.15) is 25.8 Å². The fraction of sp³-hybridized carbons (Fsp3) is 0.550. The molecule has 0 aromatic heterocycles. The van der Waals surface area contributed by atoms with Gasteiger partial charge >= 0.3 is 6.09 Å². The molecule has 1 saturated heterocycles. The predicted octanol–water partition coefficient (Wildman–Crippen LogP) is 4.20. The van der Waals surface area contributed by atoms with Crippen molar-refractivity contribution in [1.29, 1.82) is 0 Å². The molecular formula is C20H25Cl2N3O4. The molecule has 2 aliphatic rings. The van der Waals surface area contributed by atoms with Crippen LogP contribution in [0.15, 0.2) is 28.2 Å². The molecule has 7 nitrogen and oxygen atoms in total. The van der Waals surface area contributed by atoms with E-state index >= 15 is 0 Å². The second kappa shape index (κ2) is 9.22. The zero-order chi connectivity index (χ0) is 21.1. The number of ether oxygens (including phenoxy) is 3. The van der Waals surface area contributed by atoms with E-state index in [0.717, 1.165) is 5.56 Å². The molecule has 0 radical (unpaired) electrons. The number of methoxy groups -OCH3 is 2. The predicted molar refractivity (Wildman–Crippen MR) is 113 cm³/mol. The lowest BCUT2D eigenvalue weighted by Gasteiger charge is -2.29. The summed E-state index contributed by atoms with van der Waals surface area (Å²) in [5.41, 5.74) is 0.830. The van der Waals surface area contributed by atoms with Crippen molar-refractivity contribution < 1.29 is 19.0 Å². The highest BCUT2D eigenvalue weighted by molar-refractivity contribution is 6.34. The lowest BCUT2D eigenvalue weighted by atomic mass is 10.0. The van der Waals surface area contributed by atoms with Gasteiger partial charge in [-0.05, 0) is 29.7 Å². The number of halogens is 2. The molecule has 0 saturated carbocycles. The first-order valence-corrected chi connectivity index (χ1v) is 10.2. The molecule has 2 heterocycles. The minimum absolute atomic E-state index is 0.183. The van der Waals surface area contributed by atoms with Gasteiger partial charge in [0.25, 0.3) is 0 Å². The number of hydrogen-bond acceptors (Lipinski definition) is 6. The number of nitrogens with zero attached hydrogens (tertiary/aromatic N) is 3. The molecular weight excluding hydrogens is 417 g/mol. The maximum atomic E-state index is 12.3. The van der Waals surface area contributed by atoms with Gasteiger partial charge in [0.1, 0.15) is 18.7 Å². The maximum absolute atomic E-state index is 12.3. The normalized spacial score (nSPS) is 24.3. The van der Waals surface area contributed by atoms with Crippen molar-refractivity contribution in [3.63, 3.8) is 0 Å². The Kier molecular flexibility index (Phi) is 6.90. The van der Waals surface area contributed by atoms with E-state index in [1.807, 2.05) is 0 Å². The van der Waals surface area contributed by atoms with Gasteiger partial charge in [-0.15, -0.1) is 0 Å². The molecule has 1 fully saturated rings. The molecule has 9 heteroatoms. The Morgan fingerprint density at radius 1 is 1.14 bits per heavy atom. The van der Waals surface area contributed by atoms with Crippen molar-refractivity contribution in [2.45, 2.75) is 44.9 Å². The van der Waals surface area contributed by atoms with Crippen molar-refractivity contribution in [2.24, 2.45) is 15.9 Å². The van der Waals surface area contributed by atoms with Gasteiger partial charge in [0, 0.05) is 23.0 Å². The van der Waals surface area contributed by atoms with E-state index in [1.165, 1.54) is 0 Å². The second-order valence-corrected chi connectivity index (χ2v) is 8.29. The first-order chi connectivity index (χ1) is 13.8. The van der Waals surface area contributed by atoms with E-state index in [9.17, 15) is 4.79 Å². The van der Waals surface area contributed by atoms with Crippen molar-refractivity contribution in [1.82, 2.24) is 4.90 Å². The summed E-state index contributed by atoms with van der Waals surface area (Å²) < 4.78 is 16.3. The summed E-state index contributed by atoms with van der Waals surface area (Å²) in [7, 11) is 3.18. The van der Waals surface area contributed by atoms with Crippen LogP contribution in [0.4, 0.5) is 4.79 Å². The lowest BCUT2D eigenvalue weighted by Crippen LogP contribution is -2.42. The van der Waals surface area contributed by atoms with Crippen LogP contribution >= 0.6 is 23.2 Å². The molecule has 3 atom stereocenters. The smallest absolute Gasteiger partial charge is 0.410 e. The highest BCUT2D eigenvalue weighted by Crippen LogP contribution is 2.27. The Hall–Kier alpha value is -1.99. The number of hydrogen-bond donors (Lipinski definition) is 0. The lowest BCUT2D eigenvalue weighted by molar-refractivity contribution is 0.156. The van der Waals surface area contributed by atoms with Crippen molar-refractivity contribution in [3.05, 3.63) is 33.8 Å². The molecule has 158 valence electrons. The van der Waals surface area contributed by atoms with Crippen LogP contribution in [0.25, 0.3) is 0 Å². The summed E-state index contributed by atoms with van der Waals surface area (Å²) >= 11 is 12.2. The third-order valence-electron chi connectivity index (χ3n) is 4.98. The molecule has 1 aromatic rings. The molecule has 0 aliphatic carbocycles. The molecule has 1 aromatic carbocycles. The minimum atomic E-state index is -0.381. The molecule has 29 heavy (non-hydrogen) atoms. The quantitative estimate of drug-likeness (QED) is 0.685. The van der Waals surface area contributed by atoms with E-state index in [1.54, 1.807) is 37.3 Å². The number of carbonyl (C=O) groups is 1. The monoisotopic (exact) mass is 441 g/mol. The van der Waals surface area contributed by atoms with E-state index in [-0.39, 0.29) is 36.7 Å². The van der Waals surface area contributed by atoms with E-state index in [2.05, 4.69) is 18.8 Å². The summed E-state index contributed by atoms with van der Waals surface area (Å²) in [6.07, 6.45) is 0.124. The maximum Gasteiger partial charge on any atom is 0.410 e. The van der Waals surface area contributed by atoms with Gasteiger partial charge in [0.15, 0.2) is 0 Å². The molecule has 2 unspecified atom stereocenters. The van der Waals surface area contributed by atoms with Crippen LogP contribution in [0.2, 0.25) is 10.0 Å². The number of rotatable bonds is 5. The average molecular weight is 442 g/mol. The van der Waals surface area contributed by atoms with Gasteiger partial charge in [-0.25, -0.2) is 14.8 Å². The first kappa shape index (κ1) is 21.7. The van der Waals surface area contributed by atoms with E-state index in [4.69, 9.17) is 42.4 Å². The van der Waals surface area contributed by atoms with Crippen molar-refractivity contribution >= 4 is 41.1 Å². The highest BCUT2D eigenvalue weighted by Gasteiger charge is 2.38. The summed E-state index contributed by atoms with van der Waals surface area (Å²) in [5, 5.41) is 1.04. The Morgan fingerprint density at radius 3 is 2.38 bits per heavy atom. The zero-order valence-electron chi connectivity index (χ0n) is 16.9. The van der Waals surface area contributed by atoms with Crippen LogP contribution < -0.4 is 0 Å². The Morgan fingerprint density at radius 2 is 1.79 bits per heavy atom. The van der Waals surface area contributed by atoms with E-state index in [0.29, 0.717) is 34.8 Å². The average Bonchev–Trinajstić information content (AvgIpc) is 3.00. The third kappa shape index (κ3) is 4.95. The fourth-order valence-corrected chi connectivity index (χ4v) is 4.12. The third-order valence-corrected chi connectivity index (χ3v) is 5.42. The van der Waals surface area contributed by atoms with Crippen LogP contribution in [-0.2, 0) is 20.8 Å². The topological polar surface area (TPSA) is 72.7 Å². The summed E-state index contributed by atoms with van der Waals surface area (Å²) in [5.74, 6) is 1.33. The van der Waals surface area contributed by atoms with Crippen LogP contribution in [-0.4, -0.2) is 61.7 Å². The molecule has 2 aliphatic heterocycles. The summed E-state index contributed by atoms with van der Waals surface area (Å²) in [6.45, 7) is 4.72. The van der Waals surface area contributed by atoms with Crippen LogP contribution in [0.3, 0.4) is 0 Å². The summed E-state index contributed by atoms with van der Waals surface area (Å²) in [4.78, 5) is 23.4. The van der Waals surface area contributed by atoms with Crippen molar-refractivity contribution in [3.8, 4) is 0 Å². The van der Waals surface area contributed by atoms with Gasteiger partial charge < -0.3 is 14.2 Å². The van der Waals surface area contributed by atoms with Gasteiger partial charge in [-0.3, -0.25) is 4.90 Å². The minimum Gasteiger partial charge on any atom is -0.483 e. The number of carbonyl (C=O) groups excluding carboxylic acids is 1. The van der Waals surface area contributed by atoms with Gasteiger partial charge in [0.2, 0.25) is 11.8 Å². The molecule has 3 rings (SSSR count). The second-order valence-electron chi connectivity index (χ2n) is 7.42. The van der Waals surface area contributed by atoms with Crippen molar-refractivity contribution in [2.75, 3.05) is 20.8 Å². The number of cyclic esters (lactones) is 1. The summed E-state index contributed by atoms with van der Waals surface area (Å²) in [6, 6.07) is 4.50. The SMILES string of the molecule is COC1=N[C@H](C(C)C)C(OC)=NC1CC1COC(=O)N1Cc1cc(Cl)cc(Cl)c1. The molecule has 0 spiro atoms. The first-order valence-electron chi connectivity index (χ1n) is 9.44. The number of amides is 1. The fourth-order valence-electron chi connectivity index (χ4n) is 3.55. The zero-order valence-corrected chi connectivity index (χ0v) is 18.4. The van der Waals surface area contributed by atoms with E-state index < -0.39 is 0 Å². The Balaban J connectivity index is 1.79. The van der Waals surface area contributed by atoms with Gasteiger partial charge in [0.05, 0.1) is 20.3 Å². The largest absolute Gasteiger partial charge is 0.483 e. The van der Waals surface area contributed by atoms with Crippen LogP contribution in [0, 0.1) is 5.92 Å².